The third-order valence-electron chi connectivity index (χ3n) is 2.15. The predicted octanol–water partition coefficient (Wildman–Crippen LogP) is 1.29. The monoisotopic (exact) mass is 182 g/mol. The molecule has 0 spiro atoms. The Bertz CT molecular complexity index is 251. The van der Waals surface area contributed by atoms with E-state index in [4.69, 9.17) is 0 Å². The van der Waals surface area contributed by atoms with E-state index in [-0.39, 0.29) is 0 Å². The van der Waals surface area contributed by atoms with Crippen LogP contribution in [0, 0.1) is 6.92 Å². The van der Waals surface area contributed by atoms with Crippen LogP contribution in [0.2, 0.25) is 0 Å². The molecule has 0 amide bonds. The largest absolute Gasteiger partial charge is 0.314 e. The van der Waals surface area contributed by atoms with Crippen molar-refractivity contribution in [2.45, 2.75) is 13.0 Å². The molecule has 0 saturated carbocycles. The fraction of sp³-hybridized carbons (Fsp3) is 0.556. The minimum absolute atomic E-state index is 0.539. The Kier molecular flexibility index (Phi) is 2.44. The van der Waals surface area contributed by atoms with Gasteiger partial charge in [-0.15, -0.1) is 11.3 Å². The van der Waals surface area contributed by atoms with Gasteiger partial charge in [-0.2, -0.15) is 0 Å². The second-order valence-electron chi connectivity index (χ2n) is 3.16. The van der Waals surface area contributed by atoms with Crippen LogP contribution in [-0.4, -0.2) is 19.6 Å². The molecule has 1 aliphatic rings. The van der Waals surface area contributed by atoms with Crippen LogP contribution in [0.25, 0.3) is 0 Å². The van der Waals surface area contributed by atoms with Crippen LogP contribution in [-0.2, 0) is 0 Å². The summed E-state index contributed by atoms with van der Waals surface area (Å²) >= 11 is 1.89. The zero-order valence-corrected chi connectivity index (χ0v) is 8.08. The first kappa shape index (κ1) is 8.23. The van der Waals surface area contributed by atoms with Gasteiger partial charge in [0.2, 0.25) is 0 Å². The highest BCUT2D eigenvalue weighted by molar-refractivity contribution is 7.12. The van der Waals surface area contributed by atoms with Crippen molar-refractivity contribution in [2.24, 2.45) is 0 Å². The molecular weight excluding hydrogens is 168 g/mol. The van der Waals surface area contributed by atoms with Crippen LogP contribution in [0.4, 0.5) is 0 Å². The van der Waals surface area contributed by atoms with Crippen LogP contribution >= 0.6 is 11.3 Å². The van der Waals surface area contributed by atoms with E-state index in [0.29, 0.717) is 6.04 Å². The summed E-state index contributed by atoms with van der Waals surface area (Å²) in [4.78, 5) is 2.86. The van der Waals surface area contributed by atoms with Gasteiger partial charge in [0.1, 0.15) is 0 Å². The number of hydrogen-bond donors (Lipinski definition) is 2. The molecule has 3 heteroatoms. The lowest BCUT2D eigenvalue weighted by atomic mass is 10.2. The lowest BCUT2D eigenvalue weighted by molar-refractivity contribution is 0.435. The first-order valence-corrected chi connectivity index (χ1v) is 5.18. The standard InChI is InChI=1S/C9H14N2S/c1-7-2-3-9(12-7)8-6-10-4-5-11-8/h2-3,8,10-11H,4-6H2,1H3/t8-/m0/s1. The smallest absolute Gasteiger partial charge is 0.0542 e. The van der Waals surface area contributed by atoms with Crippen LogP contribution in [0.5, 0.6) is 0 Å². The molecule has 2 rings (SSSR count). The summed E-state index contributed by atoms with van der Waals surface area (Å²) in [5.74, 6) is 0. The Balaban J connectivity index is 2.08. The van der Waals surface area contributed by atoms with E-state index in [2.05, 4.69) is 29.7 Å². The van der Waals surface area contributed by atoms with Gasteiger partial charge in [0, 0.05) is 29.4 Å². The predicted molar refractivity (Wildman–Crippen MR) is 52.7 cm³/mol. The zero-order valence-electron chi connectivity index (χ0n) is 7.26. The van der Waals surface area contributed by atoms with Gasteiger partial charge in [-0.05, 0) is 19.1 Å². The average molecular weight is 182 g/mol. The van der Waals surface area contributed by atoms with Gasteiger partial charge in [0.25, 0.3) is 0 Å². The first-order valence-electron chi connectivity index (χ1n) is 4.37. The van der Waals surface area contributed by atoms with Crippen molar-refractivity contribution >= 4 is 11.3 Å². The summed E-state index contributed by atoms with van der Waals surface area (Å²) < 4.78 is 0. The molecule has 0 radical (unpaired) electrons. The number of hydrogen-bond acceptors (Lipinski definition) is 3. The zero-order chi connectivity index (χ0) is 8.39. The maximum Gasteiger partial charge on any atom is 0.0542 e. The van der Waals surface area contributed by atoms with Gasteiger partial charge in [-0.25, -0.2) is 0 Å². The molecule has 1 aromatic rings. The molecule has 0 aliphatic carbocycles. The molecule has 66 valence electrons. The number of rotatable bonds is 1. The van der Waals surface area contributed by atoms with Crippen LogP contribution in [0.3, 0.4) is 0 Å². The highest BCUT2D eigenvalue weighted by Gasteiger charge is 2.14. The Morgan fingerprint density at radius 3 is 2.92 bits per heavy atom. The minimum atomic E-state index is 0.539. The Hall–Kier alpha value is -0.380. The maximum absolute atomic E-state index is 3.50. The molecule has 1 aliphatic heterocycles. The molecule has 2 heterocycles. The van der Waals surface area contributed by atoms with E-state index < -0.39 is 0 Å². The summed E-state index contributed by atoms with van der Waals surface area (Å²) in [5.41, 5.74) is 0. The highest BCUT2D eigenvalue weighted by Crippen LogP contribution is 2.22. The lowest BCUT2D eigenvalue weighted by Gasteiger charge is -2.23. The van der Waals surface area contributed by atoms with Gasteiger partial charge in [-0.3, -0.25) is 0 Å². The van der Waals surface area contributed by atoms with Crippen molar-refractivity contribution in [3.8, 4) is 0 Å². The number of aryl methyl sites for hydroxylation is 1. The lowest BCUT2D eigenvalue weighted by Crippen LogP contribution is -2.42. The van der Waals surface area contributed by atoms with Gasteiger partial charge >= 0.3 is 0 Å². The summed E-state index contributed by atoms with van der Waals surface area (Å²) in [6.07, 6.45) is 0. The molecule has 1 fully saturated rings. The molecule has 0 bridgehead atoms. The van der Waals surface area contributed by atoms with Crippen molar-refractivity contribution in [3.63, 3.8) is 0 Å². The third kappa shape index (κ3) is 1.68. The summed E-state index contributed by atoms with van der Waals surface area (Å²) in [5, 5.41) is 6.88. The fourth-order valence-electron chi connectivity index (χ4n) is 1.50. The Labute approximate surface area is 77.0 Å². The van der Waals surface area contributed by atoms with Gasteiger partial charge < -0.3 is 10.6 Å². The summed E-state index contributed by atoms with van der Waals surface area (Å²) in [6.45, 7) is 5.41. The second-order valence-corrected chi connectivity index (χ2v) is 4.48. The topological polar surface area (TPSA) is 24.1 Å². The van der Waals surface area contributed by atoms with Crippen molar-refractivity contribution in [3.05, 3.63) is 21.9 Å². The van der Waals surface area contributed by atoms with Gasteiger partial charge in [-0.1, -0.05) is 0 Å². The van der Waals surface area contributed by atoms with Crippen molar-refractivity contribution in [1.29, 1.82) is 0 Å². The molecule has 0 unspecified atom stereocenters. The Morgan fingerprint density at radius 2 is 2.33 bits per heavy atom. The SMILES string of the molecule is Cc1ccc([C@@H]2CNCCN2)s1. The second kappa shape index (κ2) is 3.56. The molecule has 12 heavy (non-hydrogen) atoms. The molecule has 1 saturated heterocycles. The van der Waals surface area contributed by atoms with E-state index in [1.165, 1.54) is 9.75 Å². The molecule has 2 N–H and O–H groups in total. The van der Waals surface area contributed by atoms with Crippen LogP contribution in [0.15, 0.2) is 12.1 Å². The summed E-state index contributed by atoms with van der Waals surface area (Å²) in [6, 6.07) is 4.96. The normalized spacial score (nSPS) is 24.2. The number of nitrogens with one attached hydrogen (secondary N) is 2. The van der Waals surface area contributed by atoms with E-state index in [1.54, 1.807) is 0 Å². The molecule has 1 aromatic heterocycles. The van der Waals surface area contributed by atoms with Crippen molar-refractivity contribution < 1.29 is 0 Å². The van der Waals surface area contributed by atoms with Gasteiger partial charge in [0.05, 0.1) is 6.04 Å². The minimum Gasteiger partial charge on any atom is -0.314 e. The Morgan fingerprint density at radius 1 is 1.42 bits per heavy atom. The van der Waals surface area contributed by atoms with Crippen molar-refractivity contribution in [2.75, 3.05) is 19.6 Å². The maximum atomic E-state index is 3.50. The number of piperazine rings is 1. The van der Waals surface area contributed by atoms with Crippen LogP contribution < -0.4 is 10.6 Å². The quantitative estimate of drug-likeness (QED) is 0.684. The molecule has 0 aromatic carbocycles. The fourth-order valence-corrected chi connectivity index (χ4v) is 2.45. The third-order valence-corrected chi connectivity index (χ3v) is 3.26. The molecule has 2 nitrogen and oxygen atoms in total. The highest BCUT2D eigenvalue weighted by atomic mass is 32.1. The van der Waals surface area contributed by atoms with Crippen molar-refractivity contribution in [1.82, 2.24) is 10.6 Å². The molecular formula is C9H14N2S. The van der Waals surface area contributed by atoms with E-state index in [1.807, 2.05) is 11.3 Å². The van der Waals surface area contributed by atoms with E-state index in [9.17, 15) is 0 Å². The van der Waals surface area contributed by atoms with E-state index in [0.717, 1.165) is 19.6 Å². The number of thiophene rings is 1. The van der Waals surface area contributed by atoms with Crippen LogP contribution in [0.1, 0.15) is 15.8 Å². The average Bonchev–Trinajstić information content (AvgIpc) is 2.54. The molecule has 1 atom stereocenters. The first-order chi connectivity index (χ1) is 5.86. The summed E-state index contributed by atoms with van der Waals surface area (Å²) in [7, 11) is 0. The van der Waals surface area contributed by atoms with E-state index >= 15 is 0 Å². The van der Waals surface area contributed by atoms with Gasteiger partial charge in [0.15, 0.2) is 0 Å².